The van der Waals surface area contributed by atoms with E-state index < -0.39 is 0 Å². The van der Waals surface area contributed by atoms with Crippen LogP contribution in [0.25, 0.3) is 5.70 Å². The number of rotatable bonds is 4. The van der Waals surface area contributed by atoms with Crippen LogP contribution in [0.15, 0.2) is 23.3 Å². The summed E-state index contributed by atoms with van der Waals surface area (Å²) in [5.74, 6) is -0.295. The van der Waals surface area contributed by atoms with E-state index in [1.54, 1.807) is 0 Å². The summed E-state index contributed by atoms with van der Waals surface area (Å²) in [6.07, 6.45) is 0. The second-order valence-corrected chi connectivity index (χ2v) is 4.07. The molecule has 0 fully saturated rings. The van der Waals surface area contributed by atoms with Crippen molar-refractivity contribution in [2.24, 2.45) is 0 Å². The Morgan fingerprint density at radius 2 is 2.06 bits per heavy atom. The van der Waals surface area contributed by atoms with Gasteiger partial charge in [0.05, 0.1) is 12.0 Å². The van der Waals surface area contributed by atoms with E-state index in [2.05, 4.69) is 5.32 Å². The summed E-state index contributed by atoms with van der Waals surface area (Å²) < 4.78 is 5.02. The molecule has 0 aliphatic rings. The minimum Gasteiger partial charge on any atom is -0.491 e. The lowest BCUT2D eigenvalue weighted by Gasteiger charge is -2.11. The van der Waals surface area contributed by atoms with Crippen molar-refractivity contribution in [3.63, 3.8) is 0 Å². The molecule has 1 amide bonds. The number of thiophene rings is 1. The summed E-state index contributed by atoms with van der Waals surface area (Å²) >= 11 is 1.43. The summed E-state index contributed by atoms with van der Waals surface area (Å²) in [7, 11) is 1.41. The number of amides is 1. The zero-order valence-corrected chi connectivity index (χ0v) is 10.2. The van der Waals surface area contributed by atoms with Crippen LogP contribution >= 0.6 is 11.3 Å². The van der Waals surface area contributed by atoms with Crippen LogP contribution in [0.5, 0.6) is 0 Å². The van der Waals surface area contributed by atoms with Gasteiger partial charge in [-0.15, -0.1) is 11.3 Å². The fourth-order valence-corrected chi connectivity index (χ4v) is 1.97. The highest BCUT2D eigenvalue weighted by Gasteiger charge is 2.16. The number of hydrogen-bond acceptors (Lipinski definition) is 4. The van der Waals surface area contributed by atoms with Crippen molar-refractivity contribution in [3.05, 3.63) is 28.1 Å². The van der Waals surface area contributed by atoms with E-state index in [1.165, 1.54) is 32.3 Å². The van der Waals surface area contributed by atoms with Crippen molar-refractivity contribution >= 4 is 28.7 Å². The van der Waals surface area contributed by atoms with Crippen molar-refractivity contribution < 1.29 is 14.3 Å². The van der Waals surface area contributed by atoms with Gasteiger partial charge < -0.3 is 10.1 Å². The van der Waals surface area contributed by atoms with Gasteiger partial charge in [-0.05, 0) is 11.4 Å². The largest absolute Gasteiger partial charge is 0.491 e. The maximum Gasteiger partial charge on any atom is 0.221 e. The summed E-state index contributed by atoms with van der Waals surface area (Å²) in [6.45, 7) is 2.79. The van der Waals surface area contributed by atoms with E-state index in [1.807, 2.05) is 17.5 Å². The number of nitrogens with one attached hydrogen (secondary N) is 1. The quantitative estimate of drug-likeness (QED) is 0.643. The lowest BCUT2D eigenvalue weighted by atomic mass is 10.2. The Labute approximate surface area is 97.9 Å². The number of ketones is 1. The number of carbonyl (C=O) groups is 2. The standard InChI is InChI=1S/C11H13NO3S/c1-7(13)11(15-3)10(12-8(2)14)9-5-4-6-16-9/h4-6H,1-3H3,(H,12,14)/b11-10+. The first-order valence-corrected chi connectivity index (χ1v) is 5.55. The third-order valence-corrected chi connectivity index (χ3v) is 2.71. The first-order valence-electron chi connectivity index (χ1n) is 4.67. The van der Waals surface area contributed by atoms with Gasteiger partial charge in [-0.25, -0.2) is 0 Å². The van der Waals surface area contributed by atoms with Crippen LogP contribution in [0.4, 0.5) is 0 Å². The molecule has 0 aliphatic heterocycles. The highest BCUT2D eigenvalue weighted by molar-refractivity contribution is 7.11. The molecule has 1 aromatic rings. The molecule has 4 nitrogen and oxygen atoms in total. The molecule has 1 aromatic heterocycles. The van der Waals surface area contributed by atoms with E-state index in [0.29, 0.717) is 5.70 Å². The zero-order chi connectivity index (χ0) is 12.1. The second kappa shape index (κ2) is 5.46. The summed E-state index contributed by atoms with van der Waals surface area (Å²) in [4.78, 5) is 23.2. The first kappa shape index (κ1) is 12.4. The van der Waals surface area contributed by atoms with E-state index in [0.717, 1.165) is 4.88 Å². The van der Waals surface area contributed by atoms with Gasteiger partial charge in [0.25, 0.3) is 0 Å². The van der Waals surface area contributed by atoms with Crippen molar-refractivity contribution in [2.75, 3.05) is 7.11 Å². The van der Waals surface area contributed by atoms with E-state index in [4.69, 9.17) is 4.74 Å². The lowest BCUT2D eigenvalue weighted by Crippen LogP contribution is -2.21. The molecule has 1 N–H and O–H groups in total. The molecule has 0 saturated heterocycles. The summed E-state index contributed by atoms with van der Waals surface area (Å²) in [6, 6.07) is 3.66. The van der Waals surface area contributed by atoms with Gasteiger partial charge >= 0.3 is 0 Å². The number of hydrogen-bond donors (Lipinski definition) is 1. The van der Waals surface area contributed by atoms with Gasteiger partial charge in [-0.2, -0.15) is 0 Å². The van der Waals surface area contributed by atoms with Crippen LogP contribution in [0.3, 0.4) is 0 Å². The first-order chi connectivity index (χ1) is 7.56. The molecule has 0 saturated carbocycles. The van der Waals surface area contributed by atoms with Gasteiger partial charge in [0.1, 0.15) is 5.70 Å². The normalized spacial score (nSPS) is 11.7. The average molecular weight is 239 g/mol. The highest BCUT2D eigenvalue weighted by Crippen LogP contribution is 2.22. The smallest absolute Gasteiger partial charge is 0.221 e. The minimum atomic E-state index is -0.237. The van der Waals surface area contributed by atoms with Gasteiger partial charge in [-0.3, -0.25) is 9.59 Å². The maximum absolute atomic E-state index is 11.4. The fourth-order valence-electron chi connectivity index (χ4n) is 1.25. The molecular weight excluding hydrogens is 226 g/mol. The van der Waals surface area contributed by atoms with Crippen LogP contribution in [0.1, 0.15) is 18.7 Å². The molecule has 0 aromatic carbocycles. The monoisotopic (exact) mass is 239 g/mol. The van der Waals surface area contributed by atoms with Crippen molar-refractivity contribution in [1.82, 2.24) is 5.32 Å². The Kier molecular flexibility index (Phi) is 4.25. The molecule has 0 aliphatic carbocycles. The fraction of sp³-hybridized carbons (Fsp3) is 0.273. The molecule has 0 spiro atoms. The van der Waals surface area contributed by atoms with Gasteiger partial charge in [-0.1, -0.05) is 6.07 Å². The van der Waals surface area contributed by atoms with Crippen LogP contribution < -0.4 is 5.32 Å². The molecule has 1 heterocycles. The van der Waals surface area contributed by atoms with E-state index in [9.17, 15) is 9.59 Å². The predicted octanol–water partition coefficient (Wildman–Crippen LogP) is 1.79. The van der Waals surface area contributed by atoms with Crippen molar-refractivity contribution in [2.45, 2.75) is 13.8 Å². The van der Waals surface area contributed by atoms with E-state index >= 15 is 0 Å². The Balaban J connectivity index is 3.22. The molecule has 1 rings (SSSR count). The summed E-state index contributed by atoms with van der Waals surface area (Å²) in [5.41, 5.74) is 0.428. The molecule has 0 atom stereocenters. The molecule has 16 heavy (non-hydrogen) atoms. The molecule has 0 unspecified atom stereocenters. The summed E-state index contributed by atoms with van der Waals surface area (Å²) in [5, 5.41) is 4.49. The lowest BCUT2D eigenvalue weighted by molar-refractivity contribution is -0.117. The SMILES string of the molecule is CO/C(C(C)=O)=C(/NC(C)=O)c1cccs1. The number of allylic oxidation sites excluding steroid dienone is 1. The highest BCUT2D eigenvalue weighted by atomic mass is 32.1. The predicted molar refractivity (Wildman–Crippen MR) is 62.7 cm³/mol. The Morgan fingerprint density at radius 1 is 1.38 bits per heavy atom. The molecule has 86 valence electrons. The number of ether oxygens (including phenoxy) is 1. The third-order valence-electron chi connectivity index (χ3n) is 1.82. The molecular formula is C11H13NO3S. The Morgan fingerprint density at radius 3 is 2.44 bits per heavy atom. The van der Waals surface area contributed by atoms with Crippen molar-refractivity contribution in [3.8, 4) is 0 Å². The average Bonchev–Trinajstić information content (AvgIpc) is 2.68. The second-order valence-electron chi connectivity index (χ2n) is 3.12. The van der Waals surface area contributed by atoms with Gasteiger partial charge in [0.15, 0.2) is 11.5 Å². The molecule has 0 bridgehead atoms. The topological polar surface area (TPSA) is 55.4 Å². The van der Waals surface area contributed by atoms with E-state index in [-0.39, 0.29) is 17.4 Å². The molecule has 0 radical (unpaired) electrons. The van der Waals surface area contributed by atoms with Gasteiger partial charge in [0, 0.05) is 13.8 Å². The Hall–Kier alpha value is -1.62. The number of carbonyl (C=O) groups excluding carboxylic acids is 2. The van der Waals surface area contributed by atoms with Crippen LogP contribution in [0.2, 0.25) is 0 Å². The number of methoxy groups -OCH3 is 1. The van der Waals surface area contributed by atoms with Crippen molar-refractivity contribution in [1.29, 1.82) is 0 Å². The van der Waals surface area contributed by atoms with Crippen LogP contribution in [-0.2, 0) is 14.3 Å². The van der Waals surface area contributed by atoms with Crippen LogP contribution in [-0.4, -0.2) is 18.8 Å². The molecule has 5 heteroatoms. The number of Topliss-reactive ketones (excluding diaryl/α,β-unsaturated/α-hetero) is 1. The maximum atomic E-state index is 11.4. The Bertz CT molecular complexity index is 420. The minimum absolute atomic E-state index is 0.164. The van der Waals surface area contributed by atoms with Gasteiger partial charge in [0.2, 0.25) is 5.91 Å². The van der Waals surface area contributed by atoms with Crippen LogP contribution in [0, 0.1) is 0 Å². The third kappa shape index (κ3) is 2.93. The zero-order valence-electron chi connectivity index (χ0n) is 9.37.